The Kier molecular flexibility index (Phi) is 4.18. The van der Waals surface area contributed by atoms with E-state index in [1.165, 1.54) is 11.1 Å². The van der Waals surface area contributed by atoms with Gasteiger partial charge in [0.05, 0.1) is 5.56 Å². The molecule has 2 aromatic rings. The van der Waals surface area contributed by atoms with Crippen molar-refractivity contribution in [2.75, 3.05) is 13.1 Å². The maximum absolute atomic E-state index is 9.34. The monoisotopic (exact) mass is 278 g/mol. The van der Waals surface area contributed by atoms with E-state index in [0.29, 0.717) is 17.9 Å². The topological polar surface area (TPSA) is 45.0 Å². The minimum Gasteiger partial charge on any atom is -0.488 e. The van der Waals surface area contributed by atoms with Gasteiger partial charge in [0, 0.05) is 0 Å². The lowest BCUT2D eigenvalue weighted by Crippen LogP contribution is -2.16. The van der Waals surface area contributed by atoms with Crippen molar-refractivity contribution in [3.63, 3.8) is 0 Å². The van der Waals surface area contributed by atoms with E-state index in [4.69, 9.17) is 4.74 Å². The summed E-state index contributed by atoms with van der Waals surface area (Å²) in [5.74, 6) is 0.696. The van der Waals surface area contributed by atoms with E-state index < -0.39 is 0 Å². The van der Waals surface area contributed by atoms with E-state index >= 15 is 0 Å². The Morgan fingerprint density at radius 2 is 1.76 bits per heavy atom. The van der Waals surface area contributed by atoms with Gasteiger partial charge < -0.3 is 10.1 Å². The van der Waals surface area contributed by atoms with Crippen LogP contribution in [0, 0.1) is 11.3 Å². The van der Waals surface area contributed by atoms with Crippen LogP contribution in [0.25, 0.3) is 0 Å². The number of rotatable bonds is 3. The molecule has 106 valence electrons. The van der Waals surface area contributed by atoms with Gasteiger partial charge in [0.1, 0.15) is 18.4 Å². The third-order valence-electron chi connectivity index (χ3n) is 3.80. The first-order valence-corrected chi connectivity index (χ1v) is 7.30. The second-order valence-corrected chi connectivity index (χ2v) is 5.25. The predicted octanol–water partition coefficient (Wildman–Crippen LogP) is 2.83. The fourth-order valence-corrected chi connectivity index (χ4v) is 2.65. The summed E-state index contributed by atoms with van der Waals surface area (Å²) in [6.07, 6.45) is 1.96. The normalized spacial score (nSPS) is 13.9. The Hall–Kier alpha value is -2.31. The standard InChI is InChI=1S/C18H18N2O/c19-12-17-10-15-6-8-20-9-7-16(15)11-18(17)21-13-14-4-2-1-3-5-14/h1-5,10-11,20H,6-9,13H2. The van der Waals surface area contributed by atoms with Crippen LogP contribution in [0.5, 0.6) is 5.75 Å². The molecule has 0 aromatic heterocycles. The van der Waals surface area contributed by atoms with Crippen molar-refractivity contribution < 1.29 is 4.74 Å². The van der Waals surface area contributed by atoms with Gasteiger partial charge in [-0.3, -0.25) is 0 Å². The van der Waals surface area contributed by atoms with Gasteiger partial charge in [-0.2, -0.15) is 5.26 Å². The van der Waals surface area contributed by atoms with E-state index in [0.717, 1.165) is 31.5 Å². The molecule has 1 heterocycles. The molecule has 0 aliphatic carbocycles. The van der Waals surface area contributed by atoms with Crippen molar-refractivity contribution in [1.82, 2.24) is 5.32 Å². The van der Waals surface area contributed by atoms with Gasteiger partial charge in [0.25, 0.3) is 0 Å². The molecule has 0 saturated heterocycles. The zero-order valence-electron chi connectivity index (χ0n) is 11.9. The Morgan fingerprint density at radius 1 is 1.05 bits per heavy atom. The average molecular weight is 278 g/mol. The van der Waals surface area contributed by atoms with Gasteiger partial charge >= 0.3 is 0 Å². The number of nitrogens with zero attached hydrogens (tertiary/aromatic N) is 1. The van der Waals surface area contributed by atoms with Crippen molar-refractivity contribution in [2.24, 2.45) is 0 Å². The molecule has 3 nitrogen and oxygen atoms in total. The first-order valence-electron chi connectivity index (χ1n) is 7.30. The summed E-state index contributed by atoms with van der Waals surface area (Å²) in [4.78, 5) is 0. The lowest BCUT2D eigenvalue weighted by atomic mass is 9.99. The van der Waals surface area contributed by atoms with Crippen LogP contribution in [-0.2, 0) is 19.4 Å². The maximum atomic E-state index is 9.34. The highest BCUT2D eigenvalue weighted by atomic mass is 16.5. The molecule has 1 N–H and O–H groups in total. The van der Waals surface area contributed by atoms with Gasteiger partial charge in [-0.15, -0.1) is 0 Å². The Bertz CT molecular complexity index is 659. The summed E-state index contributed by atoms with van der Waals surface area (Å²) in [6.45, 7) is 2.45. The highest BCUT2D eigenvalue weighted by Crippen LogP contribution is 2.26. The number of fused-ring (bicyclic) bond motifs is 1. The van der Waals surface area contributed by atoms with E-state index in [2.05, 4.69) is 11.4 Å². The van der Waals surface area contributed by atoms with Crippen LogP contribution in [0.15, 0.2) is 42.5 Å². The molecule has 0 radical (unpaired) electrons. The van der Waals surface area contributed by atoms with Crippen LogP contribution in [0.2, 0.25) is 0 Å². The first-order chi connectivity index (χ1) is 10.4. The van der Waals surface area contributed by atoms with E-state index in [9.17, 15) is 5.26 Å². The molecule has 0 fully saturated rings. The van der Waals surface area contributed by atoms with Gasteiger partial charge in [0.2, 0.25) is 0 Å². The SMILES string of the molecule is N#Cc1cc2c(cc1OCc1ccccc1)CCNCC2. The minimum atomic E-state index is 0.493. The molecular weight excluding hydrogens is 260 g/mol. The number of hydrogen-bond acceptors (Lipinski definition) is 3. The second kappa shape index (κ2) is 6.43. The number of hydrogen-bond donors (Lipinski definition) is 1. The van der Waals surface area contributed by atoms with Gasteiger partial charge in [0.15, 0.2) is 0 Å². The summed E-state index contributed by atoms with van der Waals surface area (Å²) in [7, 11) is 0. The summed E-state index contributed by atoms with van der Waals surface area (Å²) in [5, 5.41) is 12.7. The van der Waals surface area contributed by atoms with Gasteiger partial charge in [-0.05, 0) is 54.8 Å². The van der Waals surface area contributed by atoms with Crippen LogP contribution < -0.4 is 10.1 Å². The number of ether oxygens (including phenoxy) is 1. The predicted molar refractivity (Wildman–Crippen MR) is 82.2 cm³/mol. The van der Waals surface area contributed by atoms with Crippen molar-refractivity contribution in [2.45, 2.75) is 19.4 Å². The van der Waals surface area contributed by atoms with Crippen LogP contribution in [0.3, 0.4) is 0 Å². The smallest absolute Gasteiger partial charge is 0.137 e. The maximum Gasteiger partial charge on any atom is 0.137 e. The molecule has 0 spiro atoms. The fraction of sp³-hybridized carbons (Fsp3) is 0.278. The summed E-state index contributed by atoms with van der Waals surface area (Å²) < 4.78 is 5.88. The van der Waals surface area contributed by atoms with Crippen molar-refractivity contribution >= 4 is 0 Å². The molecule has 0 atom stereocenters. The molecule has 1 aliphatic rings. The average Bonchev–Trinajstić information content (AvgIpc) is 2.77. The zero-order chi connectivity index (χ0) is 14.5. The van der Waals surface area contributed by atoms with Crippen LogP contribution >= 0.6 is 0 Å². The van der Waals surface area contributed by atoms with Crippen molar-refractivity contribution in [3.8, 4) is 11.8 Å². The first kappa shape index (κ1) is 13.7. The van der Waals surface area contributed by atoms with Crippen molar-refractivity contribution in [3.05, 3.63) is 64.7 Å². The van der Waals surface area contributed by atoms with Crippen LogP contribution in [0.1, 0.15) is 22.3 Å². The molecular formula is C18H18N2O. The van der Waals surface area contributed by atoms with Gasteiger partial charge in [-0.1, -0.05) is 30.3 Å². The zero-order valence-corrected chi connectivity index (χ0v) is 11.9. The van der Waals surface area contributed by atoms with E-state index in [1.807, 2.05) is 42.5 Å². The quantitative estimate of drug-likeness (QED) is 0.939. The molecule has 0 bridgehead atoms. The third kappa shape index (κ3) is 3.24. The number of nitriles is 1. The van der Waals surface area contributed by atoms with Gasteiger partial charge in [-0.25, -0.2) is 0 Å². The van der Waals surface area contributed by atoms with E-state index in [-0.39, 0.29) is 0 Å². The summed E-state index contributed by atoms with van der Waals surface area (Å²) in [6, 6.07) is 16.3. The third-order valence-corrected chi connectivity index (χ3v) is 3.80. The van der Waals surface area contributed by atoms with E-state index in [1.54, 1.807) is 0 Å². The highest BCUT2D eigenvalue weighted by Gasteiger charge is 2.13. The summed E-state index contributed by atoms with van der Waals surface area (Å²) >= 11 is 0. The Labute approximate surface area is 125 Å². The van der Waals surface area contributed by atoms with Crippen LogP contribution in [-0.4, -0.2) is 13.1 Å². The lowest BCUT2D eigenvalue weighted by molar-refractivity contribution is 0.305. The summed E-state index contributed by atoms with van der Waals surface area (Å²) in [5.41, 5.74) is 4.30. The molecule has 3 heteroatoms. The molecule has 0 saturated carbocycles. The fourth-order valence-electron chi connectivity index (χ4n) is 2.65. The van der Waals surface area contributed by atoms with Crippen LogP contribution in [0.4, 0.5) is 0 Å². The lowest BCUT2D eigenvalue weighted by Gasteiger charge is -2.12. The molecule has 21 heavy (non-hydrogen) atoms. The number of benzene rings is 2. The largest absolute Gasteiger partial charge is 0.488 e. The Balaban J connectivity index is 1.84. The minimum absolute atomic E-state index is 0.493. The molecule has 2 aromatic carbocycles. The molecule has 1 aliphatic heterocycles. The Morgan fingerprint density at radius 3 is 2.48 bits per heavy atom. The highest BCUT2D eigenvalue weighted by molar-refractivity contribution is 5.49. The molecule has 0 amide bonds. The second-order valence-electron chi connectivity index (χ2n) is 5.25. The number of nitrogens with one attached hydrogen (secondary N) is 1. The molecule has 3 rings (SSSR count). The molecule has 0 unspecified atom stereocenters. The van der Waals surface area contributed by atoms with Crippen molar-refractivity contribution in [1.29, 1.82) is 5.26 Å².